The van der Waals surface area contributed by atoms with Crippen molar-refractivity contribution in [2.75, 3.05) is 13.1 Å². The van der Waals surface area contributed by atoms with Crippen molar-refractivity contribution >= 4 is 6.03 Å². The molecule has 2 N–H and O–H groups in total. The van der Waals surface area contributed by atoms with Crippen molar-refractivity contribution in [2.24, 2.45) is 0 Å². The largest absolute Gasteiger partial charge is 0.336 e. The molecule has 1 aliphatic heterocycles. The minimum absolute atomic E-state index is 0.0752. The third-order valence-corrected chi connectivity index (χ3v) is 4.79. The van der Waals surface area contributed by atoms with E-state index in [-0.39, 0.29) is 12.1 Å². The fourth-order valence-electron chi connectivity index (χ4n) is 3.36. The summed E-state index contributed by atoms with van der Waals surface area (Å²) in [6, 6.07) is 11.2. The number of aromatic nitrogens is 2. The summed E-state index contributed by atoms with van der Waals surface area (Å²) in [7, 11) is 0. The molecule has 2 heterocycles. The number of rotatable bonds is 6. The lowest BCUT2D eigenvalue weighted by Crippen LogP contribution is -2.51. The van der Waals surface area contributed by atoms with Gasteiger partial charge in [0.15, 0.2) is 0 Å². The molecule has 25 heavy (non-hydrogen) atoms. The second-order valence-electron chi connectivity index (χ2n) is 6.73. The molecule has 1 aliphatic rings. The van der Waals surface area contributed by atoms with E-state index in [9.17, 15) is 4.79 Å². The van der Waals surface area contributed by atoms with Crippen LogP contribution in [0.15, 0.2) is 49.1 Å². The molecule has 0 radical (unpaired) electrons. The molecule has 0 spiro atoms. The maximum absolute atomic E-state index is 12.1. The van der Waals surface area contributed by atoms with E-state index in [1.165, 1.54) is 5.56 Å². The second kappa shape index (κ2) is 8.67. The van der Waals surface area contributed by atoms with Gasteiger partial charge in [-0.1, -0.05) is 30.3 Å². The molecule has 2 amide bonds. The van der Waals surface area contributed by atoms with Crippen molar-refractivity contribution in [1.82, 2.24) is 25.1 Å². The van der Waals surface area contributed by atoms with E-state index in [1.54, 1.807) is 12.5 Å². The quantitative estimate of drug-likeness (QED) is 0.847. The zero-order valence-electron chi connectivity index (χ0n) is 14.8. The molecule has 2 atom stereocenters. The van der Waals surface area contributed by atoms with E-state index in [0.29, 0.717) is 12.6 Å². The Kier molecular flexibility index (Phi) is 6.06. The average molecular weight is 341 g/mol. The first kappa shape index (κ1) is 17.5. The Morgan fingerprint density at radius 2 is 2.16 bits per heavy atom. The predicted molar refractivity (Wildman–Crippen MR) is 98.1 cm³/mol. The maximum Gasteiger partial charge on any atom is 0.315 e. The van der Waals surface area contributed by atoms with Crippen molar-refractivity contribution in [1.29, 1.82) is 0 Å². The van der Waals surface area contributed by atoms with Crippen LogP contribution in [0.4, 0.5) is 4.79 Å². The van der Waals surface area contributed by atoms with Gasteiger partial charge in [-0.05, 0) is 25.3 Å². The maximum atomic E-state index is 12.1. The SMILES string of the molecule is C[C@H]1C[C@@H](NC(=O)NCCn2ccnc2)CCN1Cc1ccccc1. The first-order valence-electron chi connectivity index (χ1n) is 8.99. The number of urea groups is 1. The summed E-state index contributed by atoms with van der Waals surface area (Å²) in [6.45, 7) is 5.57. The molecule has 6 nitrogen and oxygen atoms in total. The molecular weight excluding hydrogens is 314 g/mol. The zero-order valence-corrected chi connectivity index (χ0v) is 14.8. The molecule has 1 aromatic carbocycles. The summed E-state index contributed by atoms with van der Waals surface area (Å²) < 4.78 is 1.95. The lowest BCUT2D eigenvalue weighted by atomic mass is 9.97. The number of likely N-dealkylation sites (tertiary alicyclic amines) is 1. The average Bonchev–Trinajstić information content (AvgIpc) is 3.12. The van der Waals surface area contributed by atoms with Gasteiger partial charge in [-0.3, -0.25) is 4.90 Å². The van der Waals surface area contributed by atoms with Crippen LogP contribution in [0.5, 0.6) is 0 Å². The van der Waals surface area contributed by atoms with E-state index in [0.717, 1.165) is 32.5 Å². The van der Waals surface area contributed by atoms with Gasteiger partial charge in [-0.2, -0.15) is 0 Å². The van der Waals surface area contributed by atoms with Gasteiger partial charge in [-0.15, -0.1) is 0 Å². The van der Waals surface area contributed by atoms with E-state index in [4.69, 9.17) is 0 Å². The Bertz CT molecular complexity index is 643. The fourth-order valence-corrected chi connectivity index (χ4v) is 3.36. The van der Waals surface area contributed by atoms with Crippen molar-refractivity contribution < 1.29 is 4.79 Å². The zero-order chi connectivity index (χ0) is 17.5. The third kappa shape index (κ3) is 5.32. The molecule has 1 saturated heterocycles. The fraction of sp³-hybridized carbons (Fsp3) is 0.474. The minimum Gasteiger partial charge on any atom is -0.336 e. The van der Waals surface area contributed by atoms with Crippen LogP contribution < -0.4 is 10.6 Å². The molecule has 3 rings (SSSR count). The third-order valence-electron chi connectivity index (χ3n) is 4.79. The lowest BCUT2D eigenvalue weighted by Gasteiger charge is -2.38. The first-order valence-corrected chi connectivity index (χ1v) is 8.99. The van der Waals surface area contributed by atoms with Crippen molar-refractivity contribution in [3.05, 3.63) is 54.6 Å². The van der Waals surface area contributed by atoms with Gasteiger partial charge in [0.1, 0.15) is 0 Å². The van der Waals surface area contributed by atoms with E-state index >= 15 is 0 Å². The molecule has 0 unspecified atom stereocenters. The second-order valence-corrected chi connectivity index (χ2v) is 6.73. The summed E-state index contributed by atoms with van der Waals surface area (Å²) in [5.41, 5.74) is 1.35. The number of imidazole rings is 1. The lowest BCUT2D eigenvalue weighted by molar-refractivity contribution is 0.130. The Balaban J connectivity index is 1.38. The van der Waals surface area contributed by atoms with Gasteiger partial charge in [0.25, 0.3) is 0 Å². The number of hydrogen-bond donors (Lipinski definition) is 2. The molecular formula is C19H27N5O. The smallest absolute Gasteiger partial charge is 0.315 e. The Morgan fingerprint density at radius 1 is 1.32 bits per heavy atom. The summed E-state index contributed by atoms with van der Waals surface area (Å²) in [5, 5.41) is 6.03. The highest BCUT2D eigenvalue weighted by Crippen LogP contribution is 2.19. The standard InChI is InChI=1S/C19H27N5O/c1-16-13-18(7-10-24(16)14-17-5-3-2-4-6-17)22-19(25)21-9-12-23-11-8-20-15-23/h2-6,8,11,15-16,18H,7,9-10,12-14H2,1H3,(H2,21,22,25)/t16-,18-/m0/s1. The molecule has 134 valence electrons. The summed E-state index contributed by atoms with van der Waals surface area (Å²) in [6.07, 6.45) is 7.37. The van der Waals surface area contributed by atoms with Gasteiger partial charge < -0.3 is 15.2 Å². The van der Waals surface area contributed by atoms with Crippen LogP contribution in [0.3, 0.4) is 0 Å². The number of hydrogen-bond acceptors (Lipinski definition) is 3. The van der Waals surface area contributed by atoms with Crippen LogP contribution in [0, 0.1) is 0 Å². The minimum atomic E-state index is -0.0752. The van der Waals surface area contributed by atoms with Crippen molar-refractivity contribution in [3.8, 4) is 0 Å². The van der Waals surface area contributed by atoms with Crippen LogP contribution in [0.2, 0.25) is 0 Å². The summed E-state index contributed by atoms with van der Waals surface area (Å²) in [5.74, 6) is 0. The highest BCUT2D eigenvalue weighted by Gasteiger charge is 2.26. The van der Waals surface area contributed by atoms with Crippen LogP contribution >= 0.6 is 0 Å². The summed E-state index contributed by atoms with van der Waals surface area (Å²) >= 11 is 0. The highest BCUT2D eigenvalue weighted by atomic mass is 16.2. The Morgan fingerprint density at radius 3 is 2.88 bits per heavy atom. The molecule has 6 heteroatoms. The van der Waals surface area contributed by atoms with Gasteiger partial charge in [-0.25, -0.2) is 9.78 Å². The van der Waals surface area contributed by atoms with Crippen LogP contribution in [0.1, 0.15) is 25.3 Å². The summed E-state index contributed by atoms with van der Waals surface area (Å²) in [4.78, 5) is 18.5. The van der Waals surface area contributed by atoms with Crippen LogP contribution in [-0.4, -0.2) is 45.7 Å². The van der Waals surface area contributed by atoms with Crippen LogP contribution in [-0.2, 0) is 13.1 Å². The Labute approximate surface area is 149 Å². The number of carbonyl (C=O) groups excluding carboxylic acids is 1. The van der Waals surface area contributed by atoms with E-state index < -0.39 is 0 Å². The Hall–Kier alpha value is -2.34. The molecule has 0 saturated carbocycles. The number of piperidine rings is 1. The molecule has 1 aromatic heterocycles. The van der Waals surface area contributed by atoms with Gasteiger partial charge in [0.05, 0.1) is 6.33 Å². The number of nitrogens with one attached hydrogen (secondary N) is 2. The normalized spacial score (nSPS) is 21.0. The molecule has 0 aliphatic carbocycles. The monoisotopic (exact) mass is 341 g/mol. The topological polar surface area (TPSA) is 62.2 Å². The molecule has 2 aromatic rings. The van der Waals surface area contributed by atoms with Crippen molar-refractivity contribution in [3.63, 3.8) is 0 Å². The van der Waals surface area contributed by atoms with E-state index in [1.807, 2.05) is 10.8 Å². The van der Waals surface area contributed by atoms with Gasteiger partial charge in [0.2, 0.25) is 0 Å². The van der Waals surface area contributed by atoms with E-state index in [2.05, 4.69) is 57.8 Å². The van der Waals surface area contributed by atoms with Crippen LogP contribution in [0.25, 0.3) is 0 Å². The van der Waals surface area contributed by atoms with Gasteiger partial charge in [0, 0.05) is 50.7 Å². The molecule has 0 bridgehead atoms. The number of nitrogens with zero attached hydrogens (tertiary/aromatic N) is 3. The van der Waals surface area contributed by atoms with Crippen molar-refractivity contribution in [2.45, 2.75) is 44.9 Å². The predicted octanol–water partition coefficient (Wildman–Crippen LogP) is 2.24. The van der Waals surface area contributed by atoms with Gasteiger partial charge >= 0.3 is 6.03 Å². The number of amides is 2. The number of carbonyl (C=O) groups is 1. The first-order chi connectivity index (χ1) is 12.2. The molecule has 1 fully saturated rings. The highest BCUT2D eigenvalue weighted by molar-refractivity contribution is 5.74. The number of benzene rings is 1.